The highest BCUT2D eigenvalue weighted by molar-refractivity contribution is 6.39. The van der Waals surface area contributed by atoms with Gasteiger partial charge in [0.1, 0.15) is 0 Å². The van der Waals surface area contributed by atoms with E-state index in [1.807, 2.05) is 0 Å². The van der Waals surface area contributed by atoms with Crippen LogP contribution < -0.4 is 9.80 Å². The van der Waals surface area contributed by atoms with Gasteiger partial charge in [-0.3, -0.25) is 39.4 Å². The second kappa shape index (κ2) is 7.13. The van der Waals surface area contributed by atoms with Gasteiger partial charge < -0.3 is 0 Å². The van der Waals surface area contributed by atoms with E-state index in [0.29, 0.717) is 0 Å². The smallest absolute Gasteiger partial charge is 0.268 e. The van der Waals surface area contributed by atoms with Gasteiger partial charge in [0.2, 0.25) is 0 Å². The molecule has 0 saturated carbocycles. The zero-order chi connectivity index (χ0) is 24.3. The maximum atomic E-state index is 13.1. The number of amides is 4. The summed E-state index contributed by atoms with van der Waals surface area (Å²) >= 11 is 0. The number of benzene rings is 3. The Balaban J connectivity index is 1.60. The molecule has 0 fully saturated rings. The molecule has 3 aromatic carbocycles. The quantitative estimate of drug-likeness (QED) is 0.327. The SMILES string of the molecule is O=C1c2ccc([N+](=O)[O-])cc2C(=O)N1c1ccccc1N1C(=O)c2ccc([N+](=O)[O-])cc2C1=O. The lowest BCUT2D eigenvalue weighted by Gasteiger charge is -2.22. The largest absolute Gasteiger partial charge is 0.270 e. The summed E-state index contributed by atoms with van der Waals surface area (Å²) in [7, 11) is 0. The summed E-state index contributed by atoms with van der Waals surface area (Å²) in [5, 5.41) is 22.2. The number of carbonyl (C=O) groups is 4. The van der Waals surface area contributed by atoms with E-state index in [9.17, 15) is 39.4 Å². The third kappa shape index (κ3) is 2.79. The van der Waals surface area contributed by atoms with E-state index < -0.39 is 33.5 Å². The first-order valence-electron chi connectivity index (χ1n) is 9.64. The first-order valence-corrected chi connectivity index (χ1v) is 9.64. The van der Waals surface area contributed by atoms with Gasteiger partial charge in [-0.05, 0) is 24.3 Å². The molecule has 2 aliphatic rings. The summed E-state index contributed by atoms with van der Waals surface area (Å²) in [6.07, 6.45) is 0. The van der Waals surface area contributed by atoms with E-state index in [2.05, 4.69) is 0 Å². The molecule has 166 valence electrons. The van der Waals surface area contributed by atoms with E-state index in [1.165, 1.54) is 24.3 Å². The van der Waals surface area contributed by atoms with Crippen molar-refractivity contribution in [1.82, 2.24) is 0 Å². The molecule has 0 radical (unpaired) electrons. The lowest BCUT2D eigenvalue weighted by atomic mass is 10.1. The number of carbonyl (C=O) groups excluding carboxylic acids is 4. The number of nitro groups is 2. The van der Waals surface area contributed by atoms with Crippen LogP contribution in [0.5, 0.6) is 0 Å². The molecular weight excluding hydrogens is 448 g/mol. The Morgan fingerprint density at radius 2 is 0.882 bits per heavy atom. The molecule has 0 N–H and O–H groups in total. The lowest BCUT2D eigenvalue weighted by Crippen LogP contribution is -2.35. The van der Waals surface area contributed by atoms with E-state index in [1.54, 1.807) is 0 Å². The first kappa shape index (κ1) is 20.6. The fourth-order valence-electron chi connectivity index (χ4n) is 3.96. The number of para-hydroxylation sites is 2. The Morgan fingerprint density at radius 1 is 0.529 bits per heavy atom. The van der Waals surface area contributed by atoms with Crippen molar-refractivity contribution in [3.8, 4) is 0 Å². The van der Waals surface area contributed by atoms with E-state index >= 15 is 0 Å². The molecule has 4 amide bonds. The maximum absolute atomic E-state index is 13.1. The highest BCUT2D eigenvalue weighted by Crippen LogP contribution is 2.39. The minimum Gasteiger partial charge on any atom is -0.268 e. The number of rotatable bonds is 4. The fourth-order valence-corrected chi connectivity index (χ4v) is 3.96. The van der Waals surface area contributed by atoms with Gasteiger partial charge in [0.25, 0.3) is 35.0 Å². The van der Waals surface area contributed by atoms with Crippen LogP contribution in [0.3, 0.4) is 0 Å². The number of non-ortho nitro benzene ring substituents is 2. The molecular formula is C22H10N4O8. The van der Waals surface area contributed by atoms with Crippen molar-refractivity contribution in [3.05, 3.63) is 103 Å². The topological polar surface area (TPSA) is 161 Å². The van der Waals surface area contributed by atoms with Gasteiger partial charge >= 0.3 is 0 Å². The standard InChI is InChI=1S/C22H10N4O8/c27-19-13-7-5-11(25(31)32)9-15(13)21(29)23(19)17-3-1-2-4-18(17)24-20(28)14-8-6-12(26(33)34)10-16(14)22(24)30/h1-10H. The van der Waals surface area contributed by atoms with Crippen LogP contribution in [0.15, 0.2) is 60.7 Å². The number of nitrogens with zero attached hydrogens (tertiary/aromatic N) is 4. The summed E-state index contributed by atoms with van der Waals surface area (Å²) in [6.45, 7) is 0. The summed E-state index contributed by atoms with van der Waals surface area (Å²) < 4.78 is 0. The summed E-state index contributed by atoms with van der Waals surface area (Å²) in [4.78, 5) is 74.4. The van der Waals surface area contributed by atoms with Gasteiger partial charge in [-0.25, -0.2) is 9.80 Å². The second-order valence-electron chi connectivity index (χ2n) is 7.35. The molecule has 0 atom stereocenters. The van der Waals surface area contributed by atoms with Gasteiger partial charge in [0.05, 0.1) is 43.5 Å². The molecule has 0 unspecified atom stereocenters. The third-order valence-electron chi connectivity index (χ3n) is 5.53. The number of hydrogen-bond acceptors (Lipinski definition) is 8. The molecule has 34 heavy (non-hydrogen) atoms. The molecule has 0 aromatic heterocycles. The van der Waals surface area contributed by atoms with E-state index in [4.69, 9.17) is 0 Å². The normalized spacial score (nSPS) is 14.5. The minimum absolute atomic E-state index is 0.0663. The molecule has 2 aliphatic heterocycles. The monoisotopic (exact) mass is 458 g/mol. The number of nitro benzene ring substituents is 2. The zero-order valence-electron chi connectivity index (χ0n) is 16.8. The zero-order valence-corrected chi connectivity index (χ0v) is 16.8. The highest BCUT2D eigenvalue weighted by atomic mass is 16.6. The van der Waals surface area contributed by atoms with Crippen molar-refractivity contribution in [1.29, 1.82) is 0 Å². The van der Waals surface area contributed by atoms with Gasteiger partial charge in [-0.15, -0.1) is 0 Å². The molecule has 5 rings (SSSR count). The molecule has 0 aliphatic carbocycles. The predicted molar refractivity (Wildman–Crippen MR) is 115 cm³/mol. The van der Waals surface area contributed by atoms with Crippen LogP contribution in [-0.4, -0.2) is 33.5 Å². The molecule has 12 heteroatoms. The number of anilines is 2. The number of imide groups is 2. The number of fused-ring (bicyclic) bond motifs is 2. The van der Waals surface area contributed by atoms with Crippen molar-refractivity contribution in [2.45, 2.75) is 0 Å². The predicted octanol–water partition coefficient (Wildman–Crippen LogP) is 3.10. The van der Waals surface area contributed by atoms with Crippen molar-refractivity contribution >= 4 is 46.4 Å². The van der Waals surface area contributed by atoms with E-state index in [-0.39, 0.29) is 45.0 Å². The van der Waals surface area contributed by atoms with Crippen LogP contribution in [0, 0.1) is 20.2 Å². The Hall–Kier alpha value is -5.26. The van der Waals surface area contributed by atoms with Crippen LogP contribution >= 0.6 is 0 Å². The van der Waals surface area contributed by atoms with Crippen LogP contribution in [0.1, 0.15) is 41.4 Å². The van der Waals surface area contributed by atoms with Crippen molar-refractivity contribution in [3.63, 3.8) is 0 Å². The molecule has 0 saturated heterocycles. The molecule has 2 heterocycles. The summed E-state index contributed by atoms with van der Waals surface area (Å²) in [5.41, 5.74) is -1.46. The molecule has 3 aromatic rings. The summed E-state index contributed by atoms with van der Waals surface area (Å²) in [6, 6.07) is 12.1. The maximum Gasteiger partial charge on any atom is 0.270 e. The molecule has 12 nitrogen and oxygen atoms in total. The highest BCUT2D eigenvalue weighted by Gasteiger charge is 2.43. The van der Waals surface area contributed by atoms with Gasteiger partial charge in [0, 0.05) is 24.3 Å². The fraction of sp³-hybridized carbons (Fsp3) is 0. The first-order chi connectivity index (χ1) is 16.2. The average molecular weight is 458 g/mol. The lowest BCUT2D eigenvalue weighted by molar-refractivity contribution is -0.385. The van der Waals surface area contributed by atoms with Crippen LogP contribution in [-0.2, 0) is 0 Å². The van der Waals surface area contributed by atoms with Crippen LogP contribution in [0.2, 0.25) is 0 Å². The second-order valence-corrected chi connectivity index (χ2v) is 7.35. The van der Waals surface area contributed by atoms with Crippen molar-refractivity contribution < 1.29 is 29.0 Å². The minimum atomic E-state index is -0.858. The van der Waals surface area contributed by atoms with Gasteiger partial charge in [0.15, 0.2) is 0 Å². The van der Waals surface area contributed by atoms with Crippen LogP contribution in [0.4, 0.5) is 22.7 Å². The number of hydrogen-bond donors (Lipinski definition) is 0. The summed E-state index contributed by atoms with van der Waals surface area (Å²) in [5.74, 6) is -3.28. The van der Waals surface area contributed by atoms with Gasteiger partial charge in [-0.1, -0.05) is 12.1 Å². The Kier molecular flexibility index (Phi) is 4.33. The van der Waals surface area contributed by atoms with Crippen LogP contribution in [0.25, 0.3) is 0 Å². The molecule has 0 bridgehead atoms. The Labute approximate surface area is 188 Å². The average Bonchev–Trinajstić information content (AvgIpc) is 3.22. The Morgan fingerprint density at radius 3 is 1.24 bits per heavy atom. The van der Waals surface area contributed by atoms with Gasteiger partial charge in [-0.2, -0.15) is 0 Å². The molecule has 0 spiro atoms. The van der Waals surface area contributed by atoms with Crippen molar-refractivity contribution in [2.75, 3.05) is 9.80 Å². The Bertz CT molecular complexity index is 1400. The van der Waals surface area contributed by atoms with Crippen molar-refractivity contribution in [2.24, 2.45) is 0 Å². The van der Waals surface area contributed by atoms with E-state index in [0.717, 1.165) is 46.2 Å². The third-order valence-corrected chi connectivity index (χ3v) is 5.53.